The maximum absolute atomic E-state index is 13.8. The number of halogens is 1. The van der Waals surface area contributed by atoms with E-state index >= 15 is 0 Å². The molecular weight excluding hydrogens is 395 g/mol. The minimum absolute atomic E-state index is 0.0116. The topological polar surface area (TPSA) is 75.7 Å². The van der Waals surface area contributed by atoms with E-state index in [0.717, 1.165) is 11.1 Å². The Bertz CT molecular complexity index is 1020. The first-order chi connectivity index (χ1) is 13.7. The van der Waals surface area contributed by atoms with Gasteiger partial charge in [-0.2, -0.15) is 4.31 Å². The zero-order chi connectivity index (χ0) is 21.2. The molecule has 3 rings (SSSR count). The van der Waals surface area contributed by atoms with Crippen LogP contribution in [0.1, 0.15) is 34.3 Å². The van der Waals surface area contributed by atoms with Gasteiger partial charge in [0.2, 0.25) is 10.0 Å². The second-order valence-corrected chi connectivity index (χ2v) is 9.13. The molecule has 2 aromatic rings. The molecule has 1 N–H and O–H groups in total. The first-order valence-electron chi connectivity index (χ1n) is 9.45. The summed E-state index contributed by atoms with van der Waals surface area (Å²) in [7, 11) is -2.27. The summed E-state index contributed by atoms with van der Waals surface area (Å²) in [6, 6.07) is 8.94. The fourth-order valence-electron chi connectivity index (χ4n) is 3.41. The monoisotopic (exact) mass is 420 g/mol. The van der Waals surface area contributed by atoms with E-state index in [0.29, 0.717) is 18.6 Å². The molecule has 2 aromatic carbocycles. The standard InChI is InChI=1S/C21H25FN2O4S/c1-14-12-19(28-3)20(13-15(14)2)29(26,27)24-10-8-16(9-11-24)23-21(25)17-6-4-5-7-18(17)22/h4-7,12-13,16H,8-11H2,1-3H3,(H,23,25). The van der Waals surface area contributed by atoms with Gasteiger partial charge in [-0.3, -0.25) is 4.79 Å². The van der Waals surface area contributed by atoms with Crippen LogP contribution >= 0.6 is 0 Å². The van der Waals surface area contributed by atoms with E-state index in [9.17, 15) is 17.6 Å². The summed E-state index contributed by atoms with van der Waals surface area (Å²) in [4.78, 5) is 12.4. The van der Waals surface area contributed by atoms with Crippen LogP contribution in [-0.4, -0.2) is 44.9 Å². The minimum atomic E-state index is -3.72. The van der Waals surface area contributed by atoms with Gasteiger partial charge in [-0.25, -0.2) is 12.8 Å². The molecule has 0 spiro atoms. The van der Waals surface area contributed by atoms with E-state index in [-0.39, 0.29) is 29.6 Å². The highest BCUT2D eigenvalue weighted by molar-refractivity contribution is 7.89. The maximum atomic E-state index is 13.8. The van der Waals surface area contributed by atoms with Gasteiger partial charge in [-0.05, 0) is 62.1 Å². The van der Waals surface area contributed by atoms with E-state index in [2.05, 4.69) is 5.32 Å². The van der Waals surface area contributed by atoms with E-state index < -0.39 is 21.7 Å². The number of nitrogens with one attached hydrogen (secondary N) is 1. The van der Waals surface area contributed by atoms with Gasteiger partial charge in [0.15, 0.2) is 0 Å². The Morgan fingerprint density at radius 3 is 2.38 bits per heavy atom. The van der Waals surface area contributed by atoms with Gasteiger partial charge in [0.1, 0.15) is 16.5 Å². The van der Waals surface area contributed by atoms with Crippen molar-refractivity contribution in [2.75, 3.05) is 20.2 Å². The molecule has 1 heterocycles. The van der Waals surface area contributed by atoms with Crippen molar-refractivity contribution >= 4 is 15.9 Å². The highest BCUT2D eigenvalue weighted by Crippen LogP contribution is 2.31. The number of ether oxygens (including phenoxy) is 1. The second kappa shape index (κ2) is 8.51. The molecule has 1 aliphatic rings. The first-order valence-corrected chi connectivity index (χ1v) is 10.9. The fourth-order valence-corrected chi connectivity index (χ4v) is 5.10. The number of hydrogen-bond acceptors (Lipinski definition) is 4. The highest BCUT2D eigenvalue weighted by atomic mass is 32.2. The summed E-state index contributed by atoms with van der Waals surface area (Å²) in [5.41, 5.74) is 1.81. The summed E-state index contributed by atoms with van der Waals surface area (Å²) < 4.78 is 46.7. The molecule has 8 heteroatoms. The number of benzene rings is 2. The molecule has 0 aliphatic carbocycles. The van der Waals surface area contributed by atoms with Crippen LogP contribution in [0.2, 0.25) is 0 Å². The van der Waals surface area contributed by atoms with Crippen LogP contribution in [0.5, 0.6) is 5.75 Å². The van der Waals surface area contributed by atoms with Gasteiger partial charge in [0, 0.05) is 19.1 Å². The molecule has 29 heavy (non-hydrogen) atoms. The number of rotatable bonds is 5. The molecule has 6 nitrogen and oxygen atoms in total. The lowest BCUT2D eigenvalue weighted by Gasteiger charge is -2.32. The number of methoxy groups -OCH3 is 1. The van der Waals surface area contributed by atoms with Gasteiger partial charge in [0.25, 0.3) is 5.91 Å². The number of carbonyl (C=O) groups excluding carboxylic acids is 1. The van der Waals surface area contributed by atoms with Gasteiger partial charge >= 0.3 is 0 Å². The quantitative estimate of drug-likeness (QED) is 0.807. The smallest absolute Gasteiger partial charge is 0.254 e. The lowest BCUT2D eigenvalue weighted by Crippen LogP contribution is -2.46. The van der Waals surface area contributed by atoms with Crippen LogP contribution in [0.25, 0.3) is 0 Å². The number of sulfonamides is 1. The largest absolute Gasteiger partial charge is 0.495 e. The zero-order valence-corrected chi connectivity index (χ0v) is 17.6. The first kappa shape index (κ1) is 21.3. The molecule has 1 fully saturated rings. The number of carbonyl (C=O) groups is 1. The van der Waals surface area contributed by atoms with Crippen molar-refractivity contribution in [1.29, 1.82) is 0 Å². The predicted octanol–water partition coefficient (Wildman–Crippen LogP) is 3.03. The Morgan fingerprint density at radius 1 is 1.14 bits per heavy atom. The van der Waals surface area contributed by atoms with Crippen LogP contribution in [0.4, 0.5) is 4.39 Å². The van der Waals surface area contributed by atoms with E-state index in [1.807, 2.05) is 13.8 Å². The number of nitrogens with zero attached hydrogens (tertiary/aromatic N) is 1. The molecule has 156 valence electrons. The number of hydrogen-bond donors (Lipinski definition) is 1. The number of aryl methyl sites for hydroxylation is 2. The van der Waals surface area contributed by atoms with E-state index in [1.165, 1.54) is 29.6 Å². The Hall–Kier alpha value is -2.45. The third-order valence-electron chi connectivity index (χ3n) is 5.31. The number of piperidine rings is 1. The molecule has 0 atom stereocenters. The Labute approximate surface area is 170 Å². The summed E-state index contributed by atoms with van der Waals surface area (Å²) in [6.07, 6.45) is 0.902. The molecule has 1 aliphatic heterocycles. The van der Waals surface area contributed by atoms with Gasteiger partial charge in [-0.1, -0.05) is 12.1 Å². The summed E-state index contributed by atoms with van der Waals surface area (Å²) in [6.45, 7) is 4.29. The van der Waals surface area contributed by atoms with Crippen molar-refractivity contribution in [3.63, 3.8) is 0 Å². The molecular formula is C21H25FN2O4S. The van der Waals surface area contributed by atoms with Crippen molar-refractivity contribution in [1.82, 2.24) is 9.62 Å². The highest BCUT2D eigenvalue weighted by Gasteiger charge is 2.32. The Balaban J connectivity index is 1.70. The SMILES string of the molecule is COc1cc(C)c(C)cc1S(=O)(=O)N1CCC(NC(=O)c2ccccc2F)CC1. The molecule has 1 amide bonds. The second-order valence-electron chi connectivity index (χ2n) is 7.22. The van der Waals surface area contributed by atoms with Crippen LogP contribution in [0.15, 0.2) is 41.3 Å². The fraction of sp³-hybridized carbons (Fsp3) is 0.381. The molecule has 1 saturated heterocycles. The van der Waals surface area contributed by atoms with Crippen LogP contribution in [0.3, 0.4) is 0 Å². The predicted molar refractivity (Wildman–Crippen MR) is 108 cm³/mol. The minimum Gasteiger partial charge on any atom is -0.495 e. The lowest BCUT2D eigenvalue weighted by molar-refractivity contribution is 0.0919. The maximum Gasteiger partial charge on any atom is 0.254 e. The van der Waals surface area contributed by atoms with Crippen molar-refractivity contribution in [3.8, 4) is 5.75 Å². The molecule has 0 radical (unpaired) electrons. The van der Waals surface area contributed by atoms with Crippen molar-refractivity contribution < 1.29 is 22.3 Å². The van der Waals surface area contributed by atoms with Crippen molar-refractivity contribution in [3.05, 3.63) is 58.9 Å². The van der Waals surface area contributed by atoms with Crippen LogP contribution in [0, 0.1) is 19.7 Å². The summed E-state index contributed by atoms with van der Waals surface area (Å²) in [5.74, 6) is -0.741. The van der Waals surface area contributed by atoms with Gasteiger partial charge in [0.05, 0.1) is 12.7 Å². The third-order valence-corrected chi connectivity index (χ3v) is 7.23. The van der Waals surface area contributed by atoms with Crippen molar-refractivity contribution in [2.45, 2.75) is 37.6 Å². The lowest BCUT2D eigenvalue weighted by atomic mass is 10.1. The molecule has 0 aromatic heterocycles. The van der Waals surface area contributed by atoms with Gasteiger partial charge < -0.3 is 10.1 Å². The van der Waals surface area contributed by atoms with Gasteiger partial charge in [-0.15, -0.1) is 0 Å². The van der Waals surface area contributed by atoms with E-state index in [4.69, 9.17) is 4.74 Å². The molecule has 0 bridgehead atoms. The average molecular weight is 421 g/mol. The summed E-state index contributed by atoms with van der Waals surface area (Å²) >= 11 is 0. The van der Waals surface area contributed by atoms with E-state index in [1.54, 1.807) is 18.2 Å². The third kappa shape index (κ3) is 4.43. The molecule has 0 unspecified atom stereocenters. The van der Waals surface area contributed by atoms with Crippen LogP contribution in [-0.2, 0) is 10.0 Å². The Morgan fingerprint density at radius 2 is 1.76 bits per heavy atom. The average Bonchev–Trinajstić information content (AvgIpc) is 2.70. The van der Waals surface area contributed by atoms with Crippen molar-refractivity contribution in [2.24, 2.45) is 0 Å². The van der Waals surface area contributed by atoms with Crippen LogP contribution < -0.4 is 10.1 Å². The normalized spacial score (nSPS) is 15.9. The zero-order valence-electron chi connectivity index (χ0n) is 16.7. The molecule has 0 saturated carbocycles. The summed E-state index contributed by atoms with van der Waals surface area (Å²) in [5, 5.41) is 2.80. The number of amides is 1. The Kier molecular flexibility index (Phi) is 6.24.